The molecule has 0 unspecified atom stereocenters. The highest BCUT2D eigenvalue weighted by Crippen LogP contribution is 2.15. The summed E-state index contributed by atoms with van der Waals surface area (Å²) in [5.41, 5.74) is 1.35. The van der Waals surface area contributed by atoms with Gasteiger partial charge in [0.15, 0.2) is 0 Å². The van der Waals surface area contributed by atoms with E-state index >= 15 is 0 Å². The molecular weight excluding hydrogens is 354 g/mol. The van der Waals surface area contributed by atoms with Crippen molar-refractivity contribution >= 4 is 27.3 Å². The Balaban J connectivity index is 1.69. The van der Waals surface area contributed by atoms with E-state index in [9.17, 15) is 13.2 Å². The number of aromatic nitrogens is 3. The van der Waals surface area contributed by atoms with Crippen LogP contribution in [0.1, 0.15) is 16.2 Å². The number of sulfonamides is 1. The molecule has 2 N–H and O–H groups in total. The maximum absolute atomic E-state index is 12.3. The lowest BCUT2D eigenvalue weighted by Crippen LogP contribution is -2.13. The molecule has 26 heavy (non-hydrogen) atoms. The van der Waals surface area contributed by atoms with Crippen molar-refractivity contribution in [1.29, 1.82) is 0 Å². The first kappa shape index (κ1) is 17.6. The van der Waals surface area contributed by atoms with Crippen LogP contribution in [0.5, 0.6) is 0 Å². The Morgan fingerprint density at radius 1 is 1.04 bits per heavy atom. The zero-order valence-corrected chi connectivity index (χ0v) is 15.0. The number of hydrogen-bond donors (Lipinski definition) is 2. The largest absolute Gasteiger partial charge is 0.321 e. The van der Waals surface area contributed by atoms with Gasteiger partial charge in [-0.2, -0.15) is 0 Å². The van der Waals surface area contributed by atoms with Crippen LogP contribution < -0.4 is 10.0 Å². The Labute approximate surface area is 151 Å². The number of hydrogen-bond acceptors (Lipinski definition) is 5. The highest BCUT2D eigenvalue weighted by atomic mass is 32.2. The van der Waals surface area contributed by atoms with E-state index in [-0.39, 0.29) is 5.91 Å². The van der Waals surface area contributed by atoms with E-state index in [2.05, 4.69) is 20.0 Å². The van der Waals surface area contributed by atoms with Gasteiger partial charge in [0.05, 0.1) is 18.1 Å². The minimum Gasteiger partial charge on any atom is -0.321 e. The second kappa shape index (κ2) is 6.96. The van der Waals surface area contributed by atoms with E-state index < -0.39 is 10.0 Å². The average molecular weight is 371 g/mol. The number of benzene rings is 1. The van der Waals surface area contributed by atoms with Crippen molar-refractivity contribution in [2.24, 2.45) is 0 Å². The number of pyridine rings is 1. The van der Waals surface area contributed by atoms with Gasteiger partial charge in [-0.25, -0.2) is 18.4 Å². The van der Waals surface area contributed by atoms with Crippen molar-refractivity contribution in [2.75, 3.05) is 16.3 Å². The molecule has 3 aromatic rings. The van der Waals surface area contributed by atoms with E-state index in [0.717, 1.165) is 12.1 Å². The predicted octanol–water partition coefficient (Wildman–Crippen LogP) is 2.20. The van der Waals surface area contributed by atoms with E-state index in [1.807, 2.05) is 17.7 Å². The van der Waals surface area contributed by atoms with Gasteiger partial charge in [-0.05, 0) is 43.3 Å². The second-order valence-electron chi connectivity index (χ2n) is 5.66. The van der Waals surface area contributed by atoms with E-state index in [1.54, 1.807) is 36.7 Å². The first-order valence-electron chi connectivity index (χ1n) is 7.67. The van der Waals surface area contributed by atoms with E-state index in [0.29, 0.717) is 22.8 Å². The molecule has 3 rings (SSSR count). The lowest BCUT2D eigenvalue weighted by atomic mass is 10.2. The quantitative estimate of drug-likeness (QED) is 0.715. The summed E-state index contributed by atoms with van der Waals surface area (Å²) >= 11 is 0. The number of imidazole rings is 1. The number of carbonyl (C=O) groups is 1. The third kappa shape index (κ3) is 4.25. The van der Waals surface area contributed by atoms with Crippen LogP contribution in [0.3, 0.4) is 0 Å². The summed E-state index contributed by atoms with van der Waals surface area (Å²) < 4.78 is 26.6. The molecule has 0 radical (unpaired) electrons. The van der Waals surface area contributed by atoms with Crippen LogP contribution in [0, 0.1) is 6.92 Å². The fraction of sp³-hybridized carbons (Fsp3) is 0.118. The maximum Gasteiger partial charge on any atom is 0.255 e. The van der Waals surface area contributed by atoms with Crippen molar-refractivity contribution in [3.63, 3.8) is 0 Å². The molecule has 8 nitrogen and oxygen atoms in total. The minimum atomic E-state index is -3.35. The molecule has 0 atom stereocenters. The topological polar surface area (TPSA) is 106 Å². The summed E-state index contributed by atoms with van der Waals surface area (Å²) in [6.07, 6.45) is 6.12. The average Bonchev–Trinajstić information content (AvgIpc) is 3.01. The lowest BCUT2D eigenvalue weighted by molar-refractivity contribution is 0.102. The molecule has 134 valence electrons. The summed E-state index contributed by atoms with van der Waals surface area (Å²) in [6.45, 7) is 1.87. The molecule has 0 aliphatic rings. The molecule has 1 amide bonds. The molecule has 2 aromatic heterocycles. The predicted molar refractivity (Wildman–Crippen MR) is 99.0 cm³/mol. The Bertz CT molecular complexity index is 1030. The zero-order chi connectivity index (χ0) is 18.7. The summed E-state index contributed by atoms with van der Waals surface area (Å²) in [5, 5.41) is 2.75. The number of rotatable bonds is 5. The first-order chi connectivity index (χ1) is 12.3. The third-order valence-electron chi connectivity index (χ3n) is 3.53. The second-order valence-corrected chi connectivity index (χ2v) is 7.40. The molecule has 0 fully saturated rings. The fourth-order valence-corrected chi connectivity index (χ4v) is 2.89. The van der Waals surface area contributed by atoms with Gasteiger partial charge in [-0.3, -0.25) is 14.1 Å². The smallest absolute Gasteiger partial charge is 0.255 e. The molecule has 9 heteroatoms. The Morgan fingerprint density at radius 2 is 1.73 bits per heavy atom. The normalized spacial score (nSPS) is 11.2. The van der Waals surface area contributed by atoms with Crippen LogP contribution in [0.15, 0.2) is 55.0 Å². The van der Waals surface area contributed by atoms with Crippen LogP contribution in [-0.2, 0) is 10.0 Å². The third-order valence-corrected chi connectivity index (χ3v) is 4.14. The van der Waals surface area contributed by atoms with Gasteiger partial charge in [0, 0.05) is 23.6 Å². The highest BCUT2D eigenvalue weighted by Gasteiger charge is 2.08. The number of nitrogens with one attached hydrogen (secondary N) is 2. The van der Waals surface area contributed by atoms with Crippen molar-refractivity contribution < 1.29 is 13.2 Å². The minimum absolute atomic E-state index is 0.315. The molecular formula is C17H17N5O3S. The van der Waals surface area contributed by atoms with Crippen LogP contribution in [0.2, 0.25) is 0 Å². The zero-order valence-electron chi connectivity index (χ0n) is 14.2. The summed E-state index contributed by atoms with van der Waals surface area (Å²) in [6, 6.07) is 9.67. The van der Waals surface area contributed by atoms with Gasteiger partial charge in [-0.1, -0.05) is 0 Å². The standard InChI is InChI=1S/C17H17N5O3S/c1-12-18-9-10-22(12)16-8-7-15(11-19-16)20-17(23)13-3-5-14(6-4-13)21-26(2,24)25/h3-11,21H,1-2H3,(H,20,23). The Hall–Kier alpha value is -3.20. The van der Waals surface area contributed by atoms with Crippen molar-refractivity contribution in [2.45, 2.75) is 6.92 Å². The van der Waals surface area contributed by atoms with Gasteiger partial charge in [0.2, 0.25) is 10.0 Å². The molecule has 0 spiro atoms. The van der Waals surface area contributed by atoms with Crippen LogP contribution in [0.4, 0.5) is 11.4 Å². The maximum atomic E-state index is 12.3. The van der Waals surface area contributed by atoms with Crippen molar-refractivity contribution in [1.82, 2.24) is 14.5 Å². The molecule has 0 bridgehead atoms. The Morgan fingerprint density at radius 3 is 2.27 bits per heavy atom. The highest BCUT2D eigenvalue weighted by molar-refractivity contribution is 7.92. The van der Waals surface area contributed by atoms with Crippen LogP contribution >= 0.6 is 0 Å². The van der Waals surface area contributed by atoms with Gasteiger partial charge in [-0.15, -0.1) is 0 Å². The van der Waals surface area contributed by atoms with Gasteiger partial charge in [0.25, 0.3) is 5.91 Å². The summed E-state index contributed by atoms with van der Waals surface area (Å²) in [4.78, 5) is 20.7. The van der Waals surface area contributed by atoms with Crippen molar-refractivity contribution in [3.05, 3.63) is 66.4 Å². The molecule has 1 aromatic carbocycles. The molecule has 0 saturated heterocycles. The van der Waals surface area contributed by atoms with Crippen LogP contribution in [-0.4, -0.2) is 35.1 Å². The molecule has 0 aliphatic carbocycles. The number of amides is 1. The molecule has 0 aliphatic heterocycles. The fourth-order valence-electron chi connectivity index (χ4n) is 2.33. The molecule has 0 saturated carbocycles. The lowest BCUT2D eigenvalue weighted by Gasteiger charge is -2.08. The van der Waals surface area contributed by atoms with Gasteiger partial charge >= 0.3 is 0 Å². The monoisotopic (exact) mass is 371 g/mol. The van der Waals surface area contributed by atoms with Crippen LogP contribution in [0.25, 0.3) is 5.82 Å². The van der Waals surface area contributed by atoms with Gasteiger partial charge < -0.3 is 5.32 Å². The number of aryl methyl sites for hydroxylation is 1. The first-order valence-corrected chi connectivity index (χ1v) is 9.56. The van der Waals surface area contributed by atoms with Gasteiger partial charge in [0.1, 0.15) is 11.6 Å². The molecule has 2 heterocycles. The summed E-state index contributed by atoms with van der Waals surface area (Å²) in [5.74, 6) is 1.20. The van der Waals surface area contributed by atoms with Crippen molar-refractivity contribution in [3.8, 4) is 5.82 Å². The number of carbonyl (C=O) groups excluding carboxylic acids is 1. The number of nitrogens with zero attached hydrogens (tertiary/aromatic N) is 3. The SMILES string of the molecule is Cc1nccn1-c1ccc(NC(=O)c2ccc(NS(C)(=O)=O)cc2)cn1. The summed E-state index contributed by atoms with van der Waals surface area (Å²) in [7, 11) is -3.35. The van der Waals surface area contributed by atoms with E-state index in [4.69, 9.17) is 0 Å². The number of anilines is 2. The Kier molecular flexibility index (Phi) is 4.72. The van der Waals surface area contributed by atoms with E-state index in [1.165, 1.54) is 12.1 Å².